The van der Waals surface area contributed by atoms with Gasteiger partial charge in [0.2, 0.25) is 5.91 Å². The summed E-state index contributed by atoms with van der Waals surface area (Å²) in [4.78, 5) is 78.6. The molecule has 1 heterocycles. The molecule has 0 aromatic rings. The molecule has 1 saturated heterocycles. The number of imide groups is 1. The lowest BCUT2D eigenvalue weighted by atomic mass is 9.97. The maximum atomic E-state index is 12.7. The van der Waals surface area contributed by atoms with Gasteiger partial charge >= 0.3 is 5.97 Å². The van der Waals surface area contributed by atoms with E-state index in [9.17, 15) is 28.8 Å². The van der Waals surface area contributed by atoms with Crippen molar-refractivity contribution in [3.8, 4) is 0 Å². The summed E-state index contributed by atoms with van der Waals surface area (Å²) in [5.74, 6) is -2.80. The van der Waals surface area contributed by atoms with Crippen molar-refractivity contribution < 1.29 is 38.3 Å². The summed E-state index contributed by atoms with van der Waals surface area (Å²) in [5, 5.41) is 6.25. The van der Waals surface area contributed by atoms with Crippen LogP contribution < -0.4 is 10.6 Å². The zero-order valence-corrected chi connectivity index (χ0v) is 27.3. The Morgan fingerprint density at radius 2 is 1.37 bits per heavy atom. The molecular formula is C24H36Br3N3O8. The van der Waals surface area contributed by atoms with Crippen LogP contribution in [0.2, 0.25) is 0 Å². The van der Waals surface area contributed by atoms with Gasteiger partial charge in [-0.3, -0.25) is 29.3 Å². The third-order valence-corrected chi connectivity index (χ3v) is 6.86. The number of carbonyl (C=O) groups is 6. The molecule has 216 valence electrons. The maximum Gasteiger partial charge on any atom is 0.335 e. The molecule has 1 aliphatic heterocycles. The van der Waals surface area contributed by atoms with Crippen LogP contribution in [0.25, 0.3) is 0 Å². The van der Waals surface area contributed by atoms with Gasteiger partial charge < -0.3 is 14.9 Å². The van der Waals surface area contributed by atoms with E-state index in [1.54, 1.807) is 41.5 Å². The number of ether oxygens (including phenoxy) is 1. The van der Waals surface area contributed by atoms with Gasteiger partial charge in [0, 0.05) is 19.3 Å². The molecule has 0 aromatic carbocycles. The van der Waals surface area contributed by atoms with Crippen LogP contribution in [0.1, 0.15) is 73.6 Å². The van der Waals surface area contributed by atoms with Crippen molar-refractivity contribution >= 4 is 83.0 Å². The van der Waals surface area contributed by atoms with Crippen LogP contribution in [0.4, 0.5) is 0 Å². The van der Waals surface area contributed by atoms with Gasteiger partial charge in [-0.15, -0.1) is 5.06 Å². The first kappa shape index (κ1) is 34.8. The molecule has 1 unspecified atom stereocenters. The number of rotatable bonds is 16. The minimum Gasteiger partial charge on any atom is -0.358 e. The average Bonchev–Trinajstić information content (AvgIpc) is 3.09. The molecule has 11 nitrogen and oxygen atoms in total. The normalized spacial score (nSPS) is 16.3. The molecule has 2 N–H and O–H groups in total. The summed E-state index contributed by atoms with van der Waals surface area (Å²) in [6, 6.07) is 0. The maximum absolute atomic E-state index is 12.7. The molecule has 0 radical (unpaired) electrons. The summed E-state index contributed by atoms with van der Waals surface area (Å²) < 4.78 is 3.48. The molecular weight excluding hydrogens is 698 g/mol. The Bertz CT molecular complexity index is 846. The van der Waals surface area contributed by atoms with Crippen molar-refractivity contribution in [2.45, 2.75) is 92.3 Å². The highest BCUT2D eigenvalue weighted by molar-refractivity contribution is 9.10. The van der Waals surface area contributed by atoms with Crippen LogP contribution in [-0.4, -0.2) is 78.7 Å². The Morgan fingerprint density at radius 1 is 0.842 bits per heavy atom. The first-order valence-corrected chi connectivity index (χ1v) is 14.4. The number of carbonyl (C=O) groups excluding carboxylic acids is 6. The highest BCUT2D eigenvalue weighted by atomic mass is 79.9. The molecule has 0 spiro atoms. The fraction of sp³-hybridized carbons (Fsp3) is 0.750. The largest absolute Gasteiger partial charge is 0.358 e. The lowest BCUT2D eigenvalue weighted by Crippen LogP contribution is -2.59. The highest BCUT2D eigenvalue weighted by Crippen LogP contribution is 2.25. The number of nitrogens with one attached hydrogen (secondary N) is 2. The minimum absolute atomic E-state index is 0.0198. The lowest BCUT2D eigenvalue weighted by Gasteiger charge is -2.36. The molecule has 1 aliphatic rings. The second-order valence-corrected chi connectivity index (χ2v) is 16.4. The van der Waals surface area contributed by atoms with Crippen LogP contribution >= 0.6 is 47.8 Å². The van der Waals surface area contributed by atoms with E-state index >= 15 is 0 Å². The van der Waals surface area contributed by atoms with E-state index in [-0.39, 0.29) is 69.3 Å². The molecule has 1 rings (SSSR count). The van der Waals surface area contributed by atoms with Crippen molar-refractivity contribution in [2.75, 3.05) is 19.7 Å². The SMILES string of the molecule is CC(C)(Br)C(=O)CCC(CNC(=O)C(C)(C)Br)(NCC(=O)C(C)(C)Br)OCCC(=O)ON1C(=O)CCC1=O. The predicted octanol–water partition coefficient (Wildman–Crippen LogP) is 2.84. The predicted molar refractivity (Wildman–Crippen MR) is 150 cm³/mol. The average molecular weight is 734 g/mol. The molecule has 1 atom stereocenters. The number of hydrogen-bond acceptors (Lipinski definition) is 9. The number of nitrogens with zero attached hydrogens (tertiary/aromatic N) is 1. The van der Waals surface area contributed by atoms with Gasteiger partial charge in [0.25, 0.3) is 11.8 Å². The van der Waals surface area contributed by atoms with Gasteiger partial charge in [-0.25, -0.2) is 4.79 Å². The molecule has 0 aromatic heterocycles. The van der Waals surface area contributed by atoms with Crippen LogP contribution in [0, 0.1) is 0 Å². The van der Waals surface area contributed by atoms with Crippen molar-refractivity contribution in [1.82, 2.24) is 15.7 Å². The van der Waals surface area contributed by atoms with Crippen molar-refractivity contribution in [3.05, 3.63) is 0 Å². The Morgan fingerprint density at radius 3 is 1.84 bits per heavy atom. The first-order chi connectivity index (χ1) is 17.2. The van der Waals surface area contributed by atoms with Crippen LogP contribution in [0.15, 0.2) is 0 Å². The van der Waals surface area contributed by atoms with E-state index in [1.165, 1.54) is 0 Å². The quantitative estimate of drug-likeness (QED) is 0.139. The zero-order valence-electron chi connectivity index (χ0n) is 22.5. The van der Waals surface area contributed by atoms with E-state index in [2.05, 4.69) is 58.4 Å². The van der Waals surface area contributed by atoms with Gasteiger partial charge in [-0.1, -0.05) is 47.8 Å². The zero-order chi connectivity index (χ0) is 29.5. The van der Waals surface area contributed by atoms with E-state index in [0.717, 1.165) is 0 Å². The van der Waals surface area contributed by atoms with Gasteiger partial charge in [0.1, 0.15) is 11.5 Å². The van der Waals surface area contributed by atoms with Crippen LogP contribution in [0.5, 0.6) is 0 Å². The fourth-order valence-corrected chi connectivity index (χ4v) is 3.52. The second kappa shape index (κ2) is 13.9. The lowest BCUT2D eigenvalue weighted by molar-refractivity contribution is -0.199. The van der Waals surface area contributed by atoms with Gasteiger partial charge in [-0.05, 0) is 48.0 Å². The van der Waals surface area contributed by atoms with Gasteiger partial charge in [0.05, 0.1) is 39.1 Å². The second-order valence-electron chi connectivity index (χ2n) is 10.4. The van der Waals surface area contributed by atoms with Gasteiger partial charge in [0.15, 0.2) is 5.78 Å². The van der Waals surface area contributed by atoms with E-state index in [4.69, 9.17) is 9.57 Å². The summed E-state index contributed by atoms with van der Waals surface area (Å²) in [6.45, 7) is 9.52. The number of ketones is 2. The number of Topliss-reactive ketones (excluding diaryl/α,β-unsaturated/α-hetero) is 2. The first-order valence-electron chi connectivity index (χ1n) is 12.1. The van der Waals surface area contributed by atoms with E-state index in [1.807, 2.05) is 0 Å². The molecule has 0 aliphatic carbocycles. The minimum atomic E-state index is -1.42. The monoisotopic (exact) mass is 731 g/mol. The molecule has 38 heavy (non-hydrogen) atoms. The summed E-state index contributed by atoms with van der Waals surface area (Å²) in [6.07, 6.45) is -0.331. The summed E-state index contributed by atoms with van der Waals surface area (Å²) in [5.41, 5.74) is -1.42. The number of hydroxylamine groups is 2. The highest BCUT2D eigenvalue weighted by Gasteiger charge is 2.38. The standard InChI is InChI=1S/C24H36Br3N3O8/c1-21(2,25)15(31)9-11-24(14-28-20(36)23(5,6)27,29-13-16(32)22(3,4)26)37-12-10-19(35)38-30-17(33)7-8-18(30)34/h29H,7-14H2,1-6H3,(H,28,36). The molecule has 14 heteroatoms. The van der Waals surface area contributed by atoms with E-state index in [0.29, 0.717) is 5.06 Å². The number of hydrogen-bond donors (Lipinski definition) is 2. The number of halogens is 3. The van der Waals surface area contributed by atoms with Crippen molar-refractivity contribution in [2.24, 2.45) is 0 Å². The topological polar surface area (TPSA) is 148 Å². The van der Waals surface area contributed by atoms with E-state index < -0.39 is 36.5 Å². The molecule has 0 saturated carbocycles. The summed E-state index contributed by atoms with van der Waals surface area (Å²) >= 11 is 9.96. The van der Waals surface area contributed by atoms with Gasteiger partial charge in [-0.2, -0.15) is 0 Å². The Hall–Kier alpha value is -1.22. The summed E-state index contributed by atoms with van der Waals surface area (Å²) in [7, 11) is 0. The third-order valence-electron chi connectivity index (χ3n) is 5.61. The molecule has 1 fully saturated rings. The van der Waals surface area contributed by atoms with Crippen LogP contribution in [-0.2, 0) is 38.3 Å². The fourth-order valence-electron chi connectivity index (χ4n) is 3.05. The number of alkyl halides is 3. The smallest absolute Gasteiger partial charge is 0.335 e. The van der Waals surface area contributed by atoms with Crippen molar-refractivity contribution in [3.63, 3.8) is 0 Å². The Balaban J connectivity index is 3.11. The number of amides is 3. The van der Waals surface area contributed by atoms with Crippen LogP contribution in [0.3, 0.4) is 0 Å². The third kappa shape index (κ3) is 11.5. The Kier molecular flexibility index (Phi) is 12.7. The van der Waals surface area contributed by atoms with Crippen molar-refractivity contribution in [1.29, 1.82) is 0 Å². The molecule has 3 amide bonds. The Labute approximate surface area is 248 Å². The molecule has 0 bridgehead atoms.